The van der Waals surface area contributed by atoms with Crippen LogP contribution in [-0.2, 0) is 0 Å². The number of hydrogen-bond donors (Lipinski definition) is 0. The Balaban J connectivity index is 1.33. The summed E-state index contributed by atoms with van der Waals surface area (Å²) in [7, 11) is 0. The molecule has 0 saturated heterocycles. The maximum Gasteiger partial charge on any atom is -0.0162 e. The highest BCUT2D eigenvalue weighted by Crippen LogP contribution is 2.44. The number of benzene rings is 1. The molecular formula is C25H40. The third kappa shape index (κ3) is 5.87. The van der Waals surface area contributed by atoms with Crippen LogP contribution in [0.1, 0.15) is 108 Å². The van der Waals surface area contributed by atoms with Crippen molar-refractivity contribution in [2.24, 2.45) is 17.8 Å². The molecule has 2 aliphatic carbocycles. The molecule has 1 aromatic carbocycles. The summed E-state index contributed by atoms with van der Waals surface area (Å²) >= 11 is 0. The van der Waals surface area contributed by atoms with Crippen molar-refractivity contribution in [2.45, 2.75) is 103 Å². The smallest absolute Gasteiger partial charge is 0.0162 e. The van der Waals surface area contributed by atoms with Gasteiger partial charge in [-0.3, -0.25) is 0 Å². The van der Waals surface area contributed by atoms with E-state index in [0.717, 1.165) is 23.7 Å². The van der Waals surface area contributed by atoms with E-state index < -0.39 is 0 Å². The molecule has 0 nitrogen and oxygen atoms in total. The Kier molecular flexibility index (Phi) is 7.89. The summed E-state index contributed by atoms with van der Waals surface area (Å²) in [4.78, 5) is 0. The largest absolute Gasteiger partial charge is 0.0654 e. The molecule has 0 unspecified atom stereocenters. The van der Waals surface area contributed by atoms with Crippen LogP contribution in [0.5, 0.6) is 0 Å². The predicted octanol–water partition coefficient (Wildman–Crippen LogP) is 8.13. The molecule has 0 heterocycles. The first-order valence-corrected chi connectivity index (χ1v) is 11.4. The molecule has 0 spiro atoms. The lowest BCUT2D eigenvalue weighted by Gasteiger charge is -2.38. The lowest BCUT2D eigenvalue weighted by atomic mass is 9.68. The van der Waals surface area contributed by atoms with Crippen LogP contribution in [0, 0.1) is 17.8 Å². The Morgan fingerprint density at radius 1 is 0.680 bits per heavy atom. The van der Waals surface area contributed by atoms with Gasteiger partial charge < -0.3 is 0 Å². The standard InChI is InChI=1S/C25H40/c1-2-3-4-5-7-10-21-13-15-23(16-14-21)25-19-17-24(18-20-25)22-11-8-6-9-12-22/h6,8-9,11-12,21,23-25H,2-5,7,10,13-20H2,1H3/t21-,23-,24-,25-. The zero-order valence-corrected chi connectivity index (χ0v) is 16.6. The Hall–Kier alpha value is -0.780. The van der Waals surface area contributed by atoms with E-state index in [-0.39, 0.29) is 0 Å². The van der Waals surface area contributed by atoms with E-state index in [1.807, 2.05) is 0 Å². The Morgan fingerprint density at radius 3 is 1.92 bits per heavy atom. The van der Waals surface area contributed by atoms with Crippen molar-refractivity contribution in [2.75, 3.05) is 0 Å². The summed E-state index contributed by atoms with van der Waals surface area (Å²) in [6.07, 6.45) is 20.8. The van der Waals surface area contributed by atoms with Crippen molar-refractivity contribution < 1.29 is 0 Å². The molecule has 0 atom stereocenters. The highest BCUT2D eigenvalue weighted by Gasteiger charge is 2.31. The van der Waals surface area contributed by atoms with Gasteiger partial charge in [-0.05, 0) is 67.8 Å². The Labute approximate surface area is 156 Å². The molecule has 0 amide bonds. The molecule has 0 heteroatoms. The minimum atomic E-state index is 0.844. The van der Waals surface area contributed by atoms with Gasteiger partial charge >= 0.3 is 0 Å². The van der Waals surface area contributed by atoms with Crippen LogP contribution in [0.25, 0.3) is 0 Å². The molecule has 0 bridgehead atoms. The molecule has 2 aliphatic rings. The van der Waals surface area contributed by atoms with Gasteiger partial charge in [0.2, 0.25) is 0 Å². The van der Waals surface area contributed by atoms with Crippen LogP contribution in [0.2, 0.25) is 0 Å². The summed E-state index contributed by atoms with van der Waals surface area (Å²) < 4.78 is 0. The van der Waals surface area contributed by atoms with E-state index in [1.165, 1.54) is 77.0 Å². The average Bonchev–Trinajstić information content (AvgIpc) is 2.69. The SMILES string of the molecule is CCCCCCC[C@H]1CC[C@H]([C@H]2CC[C@H](c3ccccc3)CC2)CC1. The second-order valence-electron chi connectivity index (χ2n) is 9.01. The topological polar surface area (TPSA) is 0 Å². The lowest BCUT2D eigenvalue weighted by molar-refractivity contribution is 0.155. The second-order valence-corrected chi connectivity index (χ2v) is 9.01. The minimum Gasteiger partial charge on any atom is -0.0654 e. The van der Waals surface area contributed by atoms with Crippen molar-refractivity contribution in [1.82, 2.24) is 0 Å². The summed E-state index contributed by atoms with van der Waals surface area (Å²) in [5, 5.41) is 0. The van der Waals surface area contributed by atoms with Crippen LogP contribution >= 0.6 is 0 Å². The van der Waals surface area contributed by atoms with E-state index in [1.54, 1.807) is 18.4 Å². The fraction of sp³-hybridized carbons (Fsp3) is 0.760. The molecule has 0 aromatic heterocycles. The monoisotopic (exact) mass is 340 g/mol. The van der Waals surface area contributed by atoms with Crippen molar-refractivity contribution in [3.05, 3.63) is 35.9 Å². The lowest BCUT2D eigenvalue weighted by Crippen LogP contribution is -2.25. The van der Waals surface area contributed by atoms with Crippen molar-refractivity contribution in [3.63, 3.8) is 0 Å². The molecule has 0 aliphatic heterocycles. The van der Waals surface area contributed by atoms with Gasteiger partial charge in [-0.1, -0.05) is 88.6 Å². The summed E-state index contributed by atoms with van der Waals surface area (Å²) in [5.41, 5.74) is 1.59. The molecule has 140 valence electrons. The van der Waals surface area contributed by atoms with Crippen molar-refractivity contribution >= 4 is 0 Å². The normalized spacial score (nSPS) is 30.3. The molecule has 0 N–H and O–H groups in total. The van der Waals surface area contributed by atoms with Gasteiger partial charge in [-0.2, -0.15) is 0 Å². The van der Waals surface area contributed by atoms with Gasteiger partial charge in [0, 0.05) is 0 Å². The van der Waals surface area contributed by atoms with Crippen LogP contribution in [0.3, 0.4) is 0 Å². The van der Waals surface area contributed by atoms with E-state index in [9.17, 15) is 0 Å². The van der Waals surface area contributed by atoms with Crippen LogP contribution in [0.15, 0.2) is 30.3 Å². The molecule has 0 radical (unpaired) electrons. The maximum absolute atomic E-state index is 2.34. The Bertz CT molecular complexity index is 446. The molecule has 2 fully saturated rings. The number of unbranched alkanes of at least 4 members (excludes halogenated alkanes) is 4. The Morgan fingerprint density at radius 2 is 1.28 bits per heavy atom. The van der Waals surface area contributed by atoms with Crippen molar-refractivity contribution in [3.8, 4) is 0 Å². The van der Waals surface area contributed by atoms with Crippen LogP contribution in [-0.4, -0.2) is 0 Å². The maximum atomic E-state index is 2.34. The fourth-order valence-electron chi connectivity index (χ4n) is 5.63. The quantitative estimate of drug-likeness (QED) is 0.419. The van der Waals surface area contributed by atoms with Gasteiger partial charge in [-0.15, -0.1) is 0 Å². The number of rotatable bonds is 8. The molecule has 2 saturated carbocycles. The van der Waals surface area contributed by atoms with Gasteiger partial charge in [0.15, 0.2) is 0 Å². The molecular weight excluding hydrogens is 300 g/mol. The van der Waals surface area contributed by atoms with Crippen LogP contribution < -0.4 is 0 Å². The summed E-state index contributed by atoms with van der Waals surface area (Å²) in [6.45, 7) is 2.31. The van der Waals surface area contributed by atoms with E-state index in [4.69, 9.17) is 0 Å². The van der Waals surface area contributed by atoms with E-state index >= 15 is 0 Å². The first-order chi connectivity index (χ1) is 12.4. The molecule has 1 aromatic rings. The zero-order chi connectivity index (χ0) is 17.3. The average molecular weight is 341 g/mol. The van der Waals surface area contributed by atoms with Gasteiger partial charge in [-0.25, -0.2) is 0 Å². The summed E-state index contributed by atoms with van der Waals surface area (Å²) in [5.74, 6) is 4.02. The minimum absolute atomic E-state index is 0.844. The second kappa shape index (κ2) is 10.4. The highest BCUT2D eigenvalue weighted by molar-refractivity contribution is 5.19. The first-order valence-electron chi connectivity index (χ1n) is 11.4. The van der Waals surface area contributed by atoms with E-state index in [2.05, 4.69) is 37.3 Å². The van der Waals surface area contributed by atoms with Gasteiger partial charge in [0.05, 0.1) is 0 Å². The van der Waals surface area contributed by atoms with E-state index in [0.29, 0.717) is 0 Å². The number of hydrogen-bond acceptors (Lipinski definition) is 0. The van der Waals surface area contributed by atoms with Crippen molar-refractivity contribution in [1.29, 1.82) is 0 Å². The highest BCUT2D eigenvalue weighted by atomic mass is 14.4. The third-order valence-corrected chi connectivity index (χ3v) is 7.32. The summed E-state index contributed by atoms with van der Waals surface area (Å²) in [6, 6.07) is 11.3. The molecule has 3 rings (SSSR count). The van der Waals surface area contributed by atoms with Crippen LogP contribution in [0.4, 0.5) is 0 Å². The predicted molar refractivity (Wildman–Crippen MR) is 110 cm³/mol. The molecule has 25 heavy (non-hydrogen) atoms. The third-order valence-electron chi connectivity index (χ3n) is 7.32. The van der Waals surface area contributed by atoms with Gasteiger partial charge in [0.25, 0.3) is 0 Å². The van der Waals surface area contributed by atoms with Gasteiger partial charge in [0.1, 0.15) is 0 Å². The fourth-order valence-corrected chi connectivity index (χ4v) is 5.63. The first kappa shape index (κ1) is 19.0. The zero-order valence-electron chi connectivity index (χ0n) is 16.6.